The van der Waals surface area contributed by atoms with Gasteiger partial charge in [-0.05, 0) is 41.1 Å². The van der Waals surface area contributed by atoms with Gasteiger partial charge in [-0.15, -0.1) is 11.3 Å². The Morgan fingerprint density at radius 3 is 2.88 bits per heavy atom. The minimum absolute atomic E-state index is 0.0846. The quantitative estimate of drug-likeness (QED) is 0.947. The maximum atomic E-state index is 10.8. The van der Waals surface area contributed by atoms with Crippen molar-refractivity contribution in [2.75, 3.05) is 0 Å². The third-order valence-electron chi connectivity index (χ3n) is 2.12. The molecule has 0 saturated carbocycles. The molecule has 4 nitrogen and oxygen atoms in total. The van der Waals surface area contributed by atoms with Gasteiger partial charge in [0.25, 0.3) is 0 Å². The summed E-state index contributed by atoms with van der Waals surface area (Å²) < 4.78 is 2.71. The van der Waals surface area contributed by atoms with Crippen LogP contribution in [0.2, 0.25) is 0 Å². The first-order valence-corrected chi connectivity index (χ1v) is 6.29. The average molecular weight is 301 g/mol. The van der Waals surface area contributed by atoms with Crippen molar-refractivity contribution < 1.29 is 9.90 Å². The molecule has 2 aromatic rings. The normalized spacial score (nSPS) is 10.6. The van der Waals surface area contributed by atoms with Gasteiger partial charge in [-0.25, -0.2) is 4.79 Å². The van der Waals surface area contributed by atoms with E-state index in [4.69, 9.17) is 5.11 Å². The molecule has 6 heteroatoms. The molecule has 2 heterocycles. The molecule has 84 valence electrons. The molecule has 16 heavy (non-hydrogen) atoms. The number of halogens is 1. The average Bonchev–Trinajstić information content (AvgIpc) is 2.82. The van der Waals surface area contributed by atoms with E-state index in [9.17, 15) is 4.79 Å². The number of aromatic carboxylic acids is 1. The number of aryl methyl sites for hydroxylation is 1. The van der Waals surface area contributed by atoms with Crippen molar-refractivity contribution in [3.8, 4) is 10.6 Å². The second-order valence-electron chi connectivity index (χ2n) is 3.14. The molecule has 0 amide bonds. The molecule has 0 aliphatic carbocycles. The summed E-state index contributed by atoms with van der Waals surface area (Å²) in [5.41, 5.74) is 0.928. The van der Waals surface area contributed by atoms with Crippen molar-refractivity contribution >= 4 is 33.2 Å². The second-order valence-corrected chi connectivity index (χ2v) is 5.60. The topological polar surface area (TPSA) is 55.1 Å². The molecule has 0 spiro atoms. The fourth-order valence-corrected chi connectivity index (χ4v) is 2.82. The molecule has 0 unspecified atom stereocenters. The lowest BCUT2D eigenvalue weighted by Gasteiger charge is -2.00. The van der Waals surface area contributed by atoms with Crippen LogP contribution in [-0.4, -0.2) is 20.9 Å². The van der Waals surface area contributed by atoms with Crippen LogP contribution in [0, 0.1) is 0 Å². The predicted octanol–water partition coefficient (Wildman–Crippen LogP) is 3.09. The minimum atomic E-state index is -0.996. The van der Waals surface area contributed by atoms with Crippen LogP contribution in [-0.2, 0) is 6.54 Å². The highest BCUT2D eigenvalue weighted by Gasteiger charge is 2.14. The molecule has 0 bridgehead atoms. The lowest BCUT2D eigenvalue weighted by molar-refractivity contribution is 0.0689. The third kappa shape index (κ3) is 2.03. The summed E-state index contributed by atoms with van der Waals surface area (Å²) in [5.74, 6) is -0.996. The van der Waals surface area contributed by atoms with Crippen molar-refractivity contribution in [3.63, 3.8) is 0 Å². The van der Waals surface area contributed by atoms with Gasteiger partial charge in [0.05, 0.1) is 14.4 Å². The predicted molar refractivity (Wildman–Crippen MR) is 65.9 cm³/mol. The first-order valence-electron chi connectivity index (χ1n) is 4.68. The molecule has 0 fully saturated rings. The van der Waals surface area contributed by atoms with Gasteiger partial charge in [0.15, 0.2) is 5.69 Å². The third-order valence-corrected chi connectivity index (χ3v) is 3.77. The van der Waals surface area contributed by atoms with Gasteiger partial charge in [-0.1, -0.05) is 0 Å². The standard InChI is InChI=1S/C10H9BrN2O2S/c1-2-13-7(5-6(12-13)10(14)15)8-3-4-9(11)16-8/h3-5H,2H2,1H3,(H,14,15). The Hall–Kier alpha value is -1.14. The molecule has 1 N–H and O–H groups in total. The summed E-state index contributed by atoms with van der Waals surface area (Å²) in [6.45, 7) is 2.59. The Bertz CT molecular complexity index is 533. The van der Waals surface area contributed by atoms with Crippen molar-refractivity contribution in [1.82, 2.24) is 9.78 Å². The van der Waals surface area contributed by atoms with E-state index in [1.165, 1.54) is 0 Å². The van der Waals surface area contributed by atoms with Crippen LogP contribution in [0.4, 0.5) is 0 Å². The van der Waals surface area contributed by atoms with E-state index in [0.29, 0.717) is 6.54 Å². The van der Waals surface area contributed by atoms with E-state index in [-0.39, 0.29) is 5.69 Å². The lowest BCUT2D eigenvalue weighted by Crippen LogP contribution is -2.02. The summed E-state index contributed by atoms with van der Waals surface area (Å²) in [6, 6.07) is 5.49. The molecular formula is C10H9BrN2O2S. The van der Waals surface area contributed by atoms with Gasteiger partial charge in [0.1, 0.15) is 0 Å². The molecule has 0 radical (unpaired) electrons. The number of thiophene rings is 1. The molecule has 0 aromatic carbocycles. The Kier molecular flexibility index (Phi) is 3.11. The smallest absolute Gasteiger partial charge is 0.356 e. The molecule has 2 rings (SSSR count). The van der Waals surface area contributed by atoms with Gasteiger partial charge < -0.3 is 5.11 Å². The molecule has 2 aromatic heterocycles. The summed E-state index contributed by atoms with van der Waals surface area (Å²) >= 11 is 4.94. The number of hydrogen-bond donors (Lipinski definition) is 1. The highest BCUT2D eigenvalue weighted by Crippen LogP contribution is 2.31. The van der Waals surface area contributed by atoms with Crippen molar-refractivity contribution in [2.24, 2.45) is 0 Å². The fourth-order valence-electron chi connectivity index (χ4n) is 1.41. The van der Waals surface area contributed by atoms with Crippen LogP contribution in [0.25, 0.3) is 10.6 Å². The highest BCUT2D eigenvalue weighted by molar-refractivity contribution is 9.11. The monoisotopic (exact) mass is 300 g/mol. The molecule has 0 saturated heterocycles. The maximum absolute atomic E-state index is 10.8. The molecule has 0 aliphatic rings. The summed E-state index contributed by atoms with van der Waals surface area (Å²) in [7, 11) is 0. The Balaban J connectivity index is 2.51. The number of aromatic nitrogens is 2. The van der Waals surface area contributed by atoms with Crippen LogP contribution in [0.3, 0.4) is 0 Å². The summed E-state index contributed by atoms with van der Waals surface area (Å²) in [6.07, 6.45) is 0. The molecule has 0 aliphatic heterocycles. The second kappa shape index (κ2) is 4.39. The van der Waals surface area contributed by atoms with E-state index in [1.807, 2.05) is 19.1 Å². The van der Waals surface area contributed by atoms with Gasteiger partial charge in [-0.3, -0.25) is 4.68 Å². The van der Waals surface area contributed by atoms with Crippen LogP contribution in [0.15, 0.2) is 22.0 Å². The highest BCUT2D eigenvalue weighted by atomic mass is 79.9. The summed E-state index contributed by atoms with van der Waals surface area (Å²) in [5, 5.41) is 12.9. The van der Waals surface area contributed by atoms with Crippen LogP contribution < -0.4 is 0 Å². The van der Waals surface area contributed by atoms with E-state index >= 15 is 0 Å². The van der Waals surface area contributed by atoms with E-state index < -0.39 is 5.97 Å². The molecule has 0 atom stereocenters. The SMILES string of the molecule is CCn1nc(C(=O)O)cc1-c1ccc(Br)s1. The number of carboxylic acids is 1. The number of hydrogen-bond acceptors (Lipinski definition) is 3. The van der Waals surface area contributed by atoms with Crippen molar-refractivity contribution in [1.29, 1.82) is 0 Å². The van der Waals surface area contributed by atoms with Gasteiger partial charge >= 0.3 is 5.97 Å². The van der Waals surface area contributed by atoms with Crippen molar-refractivity contribution in [2.45, 2.75) is 13.5 Å². The maximum Gasteiger partial charge on any atom is 0.356 e. The summed E-state index contributed by atoms with van der Waals surface area (Å²) in [4.78, 5) is 11.8. The van der Waals surface area contributed by atoms with Crippen molar-refractivity contribution in [3.05, 3.63) is 27.7 Å². The van der Waals surface area contributed by atoms with Crippen LogP contribution in [0.5, 0.6) is 0 Å². The Labute approximate surface area is 105 Å². The minimum Gasteiger partial charge on any atom is -0.476 e. The van der Waals surface area contributed by atoms with E-state index in [0.717, 1.165) is 14.4 Å². The number of nitrogens with zero attached hydrogens (tertiary/aromatic N) is 2. The van der Waals surface area contributed by atoms with E-state index in [1.54, 1.807) is 22.1 Å². The van der Waals surface area contributed by atoms with Gasteiger partial charge in [0, 0.05) is 6.54 Å². The zero-order valence-electron chi connectivity index (χ0n) is 8.48. The number of rotatable bonds is 3. The first kappa shape index (κ1) is 11.3. The van der Waals surface area contributed by atoms with E-state index in [2.05, 4.69) is 21.0 Å². The number of carbonyl (C=O) groups is 1. The Morgan fingerprint density at radius 2 is 2.38 bits per heavy atom. The number of carboxylic acid groups (broad SMARTS) is 1. The lowest BCUT2D eigenvalue weighted by atomic mass is 10.3. The largest absolute Gasteiger partial charge is 0.476 e. The fraction of sp³-hybridized carbons (Fsp3) is 0.200. The first-order chi connectivity index (χ1) is 7.61. The van der Waals surface area contributed by atoms with Gasteiger partial charge in [-0.2, -0.15) is 5.10 Å². The Morgan fingerprint density at radius 1 is 1.62 bits per heavy atom. The zero-order chi connectivity index (χ0) is 11.7. The van der Waals surface area contributed by atoms with Crippen LogP contribution in [0.1, 0.15) is 17.4 Å². The molecular weight excluding hydrogens is 292 g/mol. The van der Waals surface area contributed by atoms with Crippen LogP contribution >= 0.6 is 27.3 Å². The zero-order valence-corrected chi connectivity index (χ0v) is 10.9. The van der Waals surface area contributed by atoms with Gasteiger partial charge in [0.2, 0.25) is 0 Å².